The maximum atomic E-state index is 12.4. The fourth-order valence-electron chi connectivity index (χ4n) is 3.55. The summed E-state index contributed by atoms with van der Waals surface area (Å²) >= 11 is 0. The van der Waals surface area contributed by atoms with E-state index < -0.39 is 5.97 Å². The summed E-state index contributed by atoms with van der Waals surface area (Å²) in [6.07, 6.45) is 1.65. The Morgan fingerprint density at radius 1 is 1.03 bits per heavy atom. The van der Waals surface area contributed by atoms with Crippen molar-refractivity contribution in [3.05, 3.63) is 94.7 Å². The molecule has 7 heteroatoms. The first kappa shape index (κ1) is 23.8. The van der Waals surface area contributed by atoms with Crippen LogP contribution in [-0.4, -0.2) is 24.4 Å². The summed E-state index contributed by atoms with van der Waals surface area (Å²) in [7, 11) is 0. The van der Waals surface area contributed by atoms with Crippen LogP contribution in [0.4, 0.5) is 5.69 Å². The Bertz CT molecular complexity index is 1310. The van der Waals surface area contributed by atoms with Gasteiger partial charge in [-0.05, 0) is 67.4 Å². The molecule has 0 atom stereocenters. The molecule has 0 unspecified atom stereocenters. The van der Waals surface area contributed by atoms with Crippen molar-refractivity contribution in [3.8, 4) is 11.5 Å². The largest absolute Gasteiger partial charge is 0.490 e. The van der Waals surface area contributed by atoms with Crippen molar-refractivity contribution >= 4 is 29.5 Å². The molecule has 7 nitrogen and oxygen atoms in total. The van der Waals surface area contributed by atoms with Gasteiger partial charge in [0.1, 0.15) is 6.61 Å². The summed E-state index contributed by atoms with van der Waals surface area (Å²) in [6.45, 7) is 6.27. The normalized spacial score (nSPS) is 13.9. The van der Waals surface area contributed by atoms with Crippen molar-refractivity contribution in [3.63, 3.8) is 0 Å². The lowest BCUT2D eigenvalue weighted by Crippen LogP contribution is -2.07. The van der Waals surface area contributed by atoms with Gasteiger partial charge < -0.3 is 19.5 Å². The van der Waals surface area contributed by atoms with Crippen molar-refractivity contribution in [2.45, 2.75) is 27.4 Å². The van der Waals surface area contributed by atoms with E-state index in [2.05, 4.69) is 16.4 Å². The number of aryl methyl sites for hydroxylation is 1. The molecule has 4 rings (SSSR count). The molecule has 35 heavy (non-hydrogen) atoms. The SMILES string of the molecule is CCOc1cc(/C=C2\N=C(c3ccc(NC(C)=O)cc3)OC2=O)ccc1OCc1cccc(C)c1. The Hall–Kier alpha value is -4.39. The van der Waals surface area contributed by atoms with Crippen LogP contribution in [0.3, 0.4) is 0 Å². The second-order valence-electron chi connectivity index (χ2n) is 8.01. The maximum Gasteiger partial charge on any atom is 0.363 e. The molecule has 1 aliphatic heterocycles. The van der Waals surface area contributed by atoms with Crippen molar-refractivity contribution in [1.82, 2.24) is 0 Å². The number of hydrogen-bond acceptors (Lipinski definition) is 6. The van der Waals surface area contributed by atoms with E-state index in [1.54, 1.807) is 30.3 Å². The van der Waals surface area contributed by atoms with Crippen molar-refractivity contribution in [1.29, 1.82) is 0 Å². The quantitative estimate of drug-likeness (QED) is 0.358. The minimum absolute atomic E-state index is 0.161. The van der Waals surface area contributed by atoms with Crippen molar-refractivity contribution < 1.29 is 23.8 Å². The van der Waals surface area contributed by atoms with E-state index in [0.717, 1.165) is 11.1 Å². The summed E-state index contributed by atoms with van der Waals surface area (Å²) in [5, 5.41) is 2.69. The predicted molar refractivity (Wildman–Crippen MR) is 134 cm³/mol. The van der Waals surface area contributed by atoms with Gasteiger partial charge in [-0.3, -0.25) is 4.79 Å². The van der Waals surface area contributed by atoms with E-state index in [-0.39, 0.29) is 17.5 Å². The highest BCUT2D eigenvalue weighted by atomic mass is 16.6. The van der Waals surface area contributed by atoms with Gasteiger partial charge >= 0.3 is 5.97 Å². The second kappa shape index (κ2) is 10.7. The molecule has 0 spiro atoms. The first-order valence-corrected chi connectivity index (χ1v) is 11.3. The fraction of sp³-hybridized carbons (Fsp3) is 0.179. The molecule has 0 saturated carbocycles. The Kier molecular flexibility index (Phi) is 7.26. The Morgan fingerprint density at radius 3 is 2.54 bits per heavy atom. The number of nitrogens with one attached hydrogen (secondary N) is 1. The molecular weight excluding hydrogens is 444 g/mol. The molecule has 1 heterocycles. The molecule has 0 radical (unpaired) electrons. The van der Waals surface area contributed by atoms with Crippen LogP contribution in [0, 0.1) is 6.92 Å². The molecule has 3 aromatic carbocycles. The van der Waals surface area contributed by atoms with Crippen LogP contribution in [0.2, 0.25) is 0 Å². The third-order valence-electron chi connectivity index (χ3n) is 5.12. The van der Waals surface area contributed by atoms with Crippen LogP contribution in [-0.2, 0) is 20.9 Å². The molecular formula is C28H26N2O5. The monoisotopic (exact) mass is 470 g/mol. The molecule has 0 aromatic heterocycles. The number of esters is 1. The number of carbonyl (C=O) groups excluding carboxylic acids is 2. The third kappa shape index (κ3) is 6.14. The maximum absolute atomic E-state index is 12.4. The van der Waals surface area contributed by atoms with E-state index in [1.165, 1.54) is 12.5 Å². The van der Waals surface area contributed by atoms with E-state index in [0.29, 0.717) is 36.0 Å². The summed E-state index contributed by atoms with van der Waals surface area (Å²) < 4.78 is 17.1. The zero-order valence-electron chi connectivity index (χ0n) is 19.8. The molecule has 0 aliphatic carbocycles. The highest BCUT2D eigenvalue weighted by molar-refractivity contribution is 6.13. The molecule has 0 saturated heterocycles. The summed E-state index contributed by atoms with van der Waals surface area (Å²) in [5.74, 6) is 0.708. The highest BCUT2D eigenvalue weighted by Crippen LogP contribution is 2.31. The Balaban J connectivity index is 1.52. The summed E-state index contributed by atoms with van der Waals surface area (Å²) in [5.41, 5.74) is 4.43. The minimum Gasteiger partial charge on any atom is -0.490 e. The van der Waals surface area contributed by atoms with Crippen LogP contribution < -0.4 is 14.8 Å². The first-order chi connectivity index (χ1) is 16.9. The second-order valence-corrected chi connectivity index (χ2v) is 8.01. The molecule has 1 N–H and O–H groups in total. The zero-order chi connectivity index (χ0) is 24.8. The van der Waals surface area contributed by atoms with Gasteiger partial charge in [0.15, 0.2) is 17.2 Å². The van der Waals surface area contributed by atoms with Crippen LogP contribution in [0.5, 0.6) is 11.5 Å². The molecule has 0 bridgehead atoms. The highest BCUT2D eigenvalue weighted by Gasteiger charge is 2.24. The van der Waals surface area contributed by atoms with Gasteiger partial charge in [-0.15, -0.1) is 0 Å². The van der Waals surface area contributed by atoms with Gasteiger partial charge in [-0.1, -0.05) is 35.9 Å². The molecule has 0 fully saturated rings. The van der Waals surface area contributed by atoms with Gasteiger partial charge in [0.2, 0.25) is 11.8 Å². The number of cyclic esters (lactones) is 1. The average Bonchev–Trinajstić information content (AvgIpc) is 3.19. The van der Waals surface area contributed by atoms with E-state index in [9.17, 15) is 9.59 Å². The smallest absolute Gasteiger partial charge is 0.363 e. The molecule has 3 aromatic rings. The number of benzene rings is 3. The number of hydrogen-bond donors (Lipinski definition) is 1. The standard InChI is InChI=1S/C28H26N2O5/c1-4-33-26-16-20(8-13-25(26)34-17-21-7-5-6-18(2)14-21)15-24-28(32)35-27(30-24)22-9-11-23(12-10-22)29-19(3)31/h5-16H,4,17H2,1-3H3,(H,29,31)/b24-15-. The number of ether oxygens (including phenoxy) is 3. The molecule has 1 amide bonds. The summed E-state index contributed by atoms with van der Waals surface area (Å²) in [6, 6.07) is 20.5. The number of rotatable bonds is 8. The number of carbonyl (C=O) groups is 2. The van der Waals surface area contributed by atoms with Gasteiger partial charge in [-0.2, -0.15) is 0 Å². The van der Waals surface area contributed by atoms with Crippen molar-refractivity contribution in [2.75, 3.05) is 11.9 Å². The minimum atomic E-state index is -0.538. The number of anilines is 1. The summed E-state index contributed by atoms with van der Waals surface area (Å²) in [4.78, 5) is 28.0. The lowest BCUT2D eigenvalue weighted by Gasteiger charge is -2.13. The fourth-order valence-corrected chi connectivity index (χ4v) is 3.55. The van der Waals surface area contributed by atoms with E-state index in [1.807, 2.05) is 50.2 Å². The topological polar surface area (TPSA) is 86.2 Å². The van der Waals surface area contributed by atoms with Gasteiger partial charge in [0.25, 0.3) is 0 Å². The van der Waals surface area contributed by atoms with Crippen molar-refractivity contribution in [2.24, 2.45) is 4.99 Å². The lowest BCUT2D eigenvalue weighted by atomic mass is 10.1. The van der Waals surface area contributed by atoms with E-state index >= 15 is 0 Å². The van der Waals surface area contributed by atoms with Gasteiger partial charge in [0, 0.05) is 18.2 Å². The number of amides is 1. The Morgan fingerprint density at radius 2 is 1.83 bits per heavy atom. The van der Waals surface area contributed by atoms with Gasteiger partial charge in [0.05, 0.1) is 6.61 Å². The van der Waals surface area contributed by atoms with Crippen LogP contribution in [0.15, 0.2) is 77.4 Å². The number of aliphatic imine (C=N–C) groups is 1. The number of nitrogens with zero attached hydrogens (tertiary/aromatic N) is 1. The van der Waals surface area contributed by atoms with Crippen LogP contribution >= 0.6 is 0 Å². The predicted octanol–water partition coefficient (Wildman–Crippen LogP) is 5.28. The molecule has 178 valence electrons. The lowest BCUT2D eigenvalue weighted by molar-refractivity contribution is -0.129. The zero-order valence-corrected chi connectivity index (χ0v) is 19.8. The van der Waals surface area contributed by atoms with Gasteiger partial charge in [-0.25, -0.2) is 9.79 Å². The van der Waals surface area contributed by atoms with E-state index in [4.69, 9.17) is 14.2 Å². The average molecular weight is 471 g/mol. The molecule has 1 aliphatic rings. The first-order valence-electron chi connectivity index (χ1n) is 11.3. The third-order valence-corrected chi connectivity index (χ3v) is 5.12. The Labute approximate surface area is 204 Å². The van der Waals surface area contributed by atoms with Crippen LogP contribution in [0.1, 0.15) is 36.1 Å². The van der Waals surface area contributed by atoms with Crippen LogP contribution in [0.25, 0.3) is 6.08 Å².